The fourth-order valence-corrected chi connectivity index (χ4v) is 6.07. The van der Waals surface area contributed by atoms with Gasteiger partial charge in [-0.2, -0.15) is 0 Å². The van der Waals surface area contributed by atoms with E-state index in [0.29, 0.717) is 0 Å². The van der Waals surface area contributed by atoms with Gasteiger partial charge in [0, 0.05) is 44.7 Å². The molecule has 3 nitrogen and oxygen atoms in total. The average Bonchev–Trinajstić information content (AvgIpc) is 3.51. The van der Waals surface area contributed by atoms with Crippen molar-refractivity contribution in [3.05, 3.63) is 140 Å². The first-order valence-electron chi connectivity index (χ1n) is 12.9. The number of para-hydroxylation sites is 4. The molecule has 3 heteroatoms. The molecule has 5 aromatic carbocycles. The van der Waals surface area contributed by atoms with Crippen LogP contribution in [-0.4, -0.2) is 14.1 Å². The van der Waals surface area contributed by atoms with Crippen molar-refractivity contribution in [3.63, 3.8) is 0 Å². The zero-order valence-corrected chi connectivity index (χ0v) is 20.6. The van der Waals surface area contributed by atoms with E-state index in [9.17, 15) is 0 Å². The second-order valence-corrected chi connectivity index (χ2v) is 9.66. The van der Waals surface area contributed by atoms with E-state index in [-0.39, 0.29) is 0 Å². The van der Waals surface area contributed by atoms with Crippen LogP contribution in [0.5, 0.6) is 0 Å². The van der Waals surface area contributed by atoms with E-state index in [2.05, 4.69) is 137 Å². The van der Waals surface area contributed by atoms with Gasteiger partial charge in [0.2, 0.25) is 0 Å². The van der Waals surface area contributed by atoms with Gasteiger partial charge in [0.1, 0.15) is 0 Å². The summed E-state index contributed by atoms with van der Waals surface area (Å²) in [5, 5.41) is 4.94. The summed E-state index contributed by atoms with van der Waals surface area (Å²) in [7, 11) is 0. The number of pyridine rings is 1. The van der Waals surface area contributed by atoms with Crippen molar-refractivity contribution in [1.29, 1.82) is 0 Å². The molecule has 0 amide bonds. The summed E-state index contributed by atoms with van der Waals surface area (Å²) in [5.41, 5.74) is 9.33. The van der Waals surface area contributed by atoms with Crippen LogP contribution in [0, 0.1) is 0 Å². The largest absolute Gasteiger partial charge is 0.309 e. The fourth-order valence-electron chi connectivity index (χ4n) is 6.07. The number of hydrogen-bond acceptors (Lipinski definition) is 1. The Morgan fingerprint density at radius 1 is 0.368 bits per heavy atom. The van der Waals surface area contributed by atoms with Crippen molar-refractivity contribution in [2.45, 2.75) is 0 Å². The van der Waals surface area contributed by atoms with E-state index in [4.69, 9.17) is 4.98 Å². The normalized spacial score (nSPS) is 11.7. The van der Waals surface area contributed by atoms with Gasteiger partial charge in [-0.15, -0.1) is 0 Å². The highest BCUT2D eigenvalue weighted by atomic mass is 15.0. The van der Waals surface area contributed by atoms with Crippen LogP contribution >= 0.6 is 0 Å². The standard InChI is InChI=1S/C35H23N3/c1-3-12-24(13-4-1)37-30-19-9-7-16-27(30)34-26(18-11-21-32(34)37)29-22-36-23-33-35(29)28-17-8-10-20-31(28)38(33)25-14-5-2-6-15-25/h1-23H. The lowest BCUT2D eigenvalue weighted by Crippen LogP contribution is -1.94. The van der Waals surface area contributed by atoms with Crippen molar-refractivity contribution in [1.82, 2.24) is 14.1 Å². The van der Waals surface area contributed by atoms with Crippen LogP contribution in [-0.2, 0) is 0 Å². The Morgan fingerprint density at radius 3 is 1.50 bits per heavy atom. The molecular formula is C35H23N3. The third kappa shape index (κ3) is 2.93. The van der Waals surface area contributed by atoms with Crippen molar-refractivity contribution < 1.29 is 0 Å². The topological polar surface area (TPSA) is 22.8 Å². The molecule has 0 saturated carbocycles. The van der Waals surface area contributed by atoms with Crippen LogP contribution in [0.4, 0.5) is 0 Å². The zero-order chi connectivity index (χ0) is 25.1. The van der Waals surface area contributed by atoms with Crippen LogP contribution in [0.1, 0.15) is 0 Å². The summed E-state index contributed by atoms with van der Waals surface area (Å²) in [4.78, 5) is 4.79. The number of rotatable bonds is 3. The van der Waals surface area contributed by atoms with Gasteiger partial charge in [0.15, 0.2) is 0 Å². The molecule has 0 saturated heterocycles. The SMILES string of the molecule is c1ccc(-n2c3ccccc3c3c(-c4cncc5c4c4ccccc4n5-c4ccccc4)cccc32)cc1. The lowest BCUT2D eigenvalue weighted by molar-refractivity contribution is 1.17. The maximum Gasteiger partial charge on any atom is 0.0730 e. The number of aromatic nitrogens is 3. The van der Waals surface area contributed by atoms with Gasteiger partial charge in [0.25, 0.3) is 0 Å². The van der Waals surface area contributed by atoms with Gasteiger partial charge < -0.3 is 9.13 Å². The molecule has 38 heavy (non-hydrogen) atoms. The predicted octanol–water partition coefficient (Wildman–Crippen LogP) is 8.94. The molecule has 0 fully saturated rings. The monoisotopic (exact) mass is 485 g/mol. The van der Waals surface area contributed by atoms with Crippen molar-refractivity contribution in [2.24, 2.45) is 0 Å². The molecule has 3 aromatic heterocycles. The quantitative estimate of drug-likeness (QED) is 0.245. The molecule has 3 heterocycles. The summed E-state index contributed by atoms with van der Waals surface area (Å²) < 4.78 is 4.70. The van der Waals surface area contributed by atoms with E-state index in [1.54, 1.807) is 0 Å². The number of fused-ring (bicyclic) bond motifs is 6. The maximum absolute atomic E-state index is 4.79. The molecule has 0 bridgehead atoms. The van der Waals surface area contributed by atoms with Gasteiger partial charge in [-0.05, 0) is 48.0 Å². The van der Waals surface area contributed by atoms with Crippen molar-refractivity contribution >= 4 is 43.6 Å². The Labute approximate surface area is 219 Å². The summed E-state index contributed by atoms with van der Waals surface area (Å²) in [6, 6.07) is 45.2. The number of hydrogen-bond donors (Lipinski definition) is 0. The highest BCUT2D eigenvalue weighted by molar-refractivity contribution is 6.21. The molecule has 0 atom stereocenters. The predicted molar refractivity (Wildman–Crippen MR) is 158 cm³/mol. The van der Waals surface area contributed by atoms with Crippen LogP contribution in [0.3, 0.4) is 0 Å². The first kappa shape index (κ1) is 21.0. The highest BCUT2D eigenvalue weighted by Crippen LogP contribution is 2.43. The van der Waals surface area contributed by atoms with Gasteiger partial charge >= 0.3 is 0 Å². The van der Waals surface area contributed by atoms with Crippen molar-refractivity contribution in [3.8, 4) is 22.5 Å². The number of nitrogens with zero attached hydrogens (tertiary/aromatic N) is 3. The lowest BCUT2D eigenvalue weighted by atomic mass is 9.97. The summed E-state index contributed by atoms with van der Waals surface area (Å²) in [6.45, 7) is 0. The van der Waals surface area contributed by atoms with E-state index < -0.39 is 0 Å². The minimum Gasteiger partial charge on any atom is -0.309 e. The minimum absolute atomic E-state index is 1.11. The molecule has 0 unspecified atom stereocenters. The second kappa shape index (κ2) is 8.19. The Hall–Kier alpha value is -5.15. The Bertz CT molecular complexity index is 1960. The molecule has 0 aliphatic rings. The lowest BCUT2D eigenvalue weighted by Gasteiger charge is -2.10. The first-order valence-corrected chi connectivity index (χ1v) is 12.9. The Balaban J connectivity index is 1.52. The van der Waals surface area contributed by atoms with E-state index in [1.165, 1.54) is 43.7 Å². The van der Waals surface area contributed by atoms with Gasteiger partial charge in [-0.25, -0.2) is 0 Å². The molecule has 0 radical (unpaired) electrons. The Kier molecular flexibility index (Phi) is 4.52. The second-order valence-electron chi connectivity index (χ2n) is 9.66. The van der Waals surface area contributed by atoms with Crippen LogP contribution in [0.15, 0.2) is 140 Å². The van der Waals surface area contributed by atoms with Crippen LogP contribution < -0.4 is 0 Å². The fraction of sp³-hybridized carbons (Fsp3) is 0. The minimum atomic E-state index is 1.11. The molecule has 8 aromatic rings. The first-order chi connectivity index (χ1) is 18.9. The van der Waals surface area contributed by atoms with E-state index >= 15 is 0 Å². The Morgan fingerprint density at radius 2 is 0.868 bits per heavy atom. The van der Waals surface area contributed by atoms with Gasteiger partial charge in [0.05, 0.1) is 28.3 Å². The molecular weight excluding hydrogens is 462 g/mol. The molecule has 0 N–H and O–H groups in total. The smallest absolute Gasteiger partial charge is 0.0730 e. The van der Waals surface area contributed by atoms with E-state index in [1.807, 2.05) is 12.4 Å². The molecule has 0 aliphatic heterocycles. The average molecular weight is 486 g/mol. The molecule has 8 rings (SSSR count). The molecule has 0 aliphatic carbocycles. The van der Waals surface area contributed by atoms with Crippen LogP contribution in [0.2, 0.25) is 0 Å². The van der Waals surface area contributed by atoms with Gasteiger partial charge in [-0.1, -0.05) is 84.9 Å². The maximum atomic E-state index is 4.79. The molecule has 0 spiro atoms. The zero-order valence-electron chi connectivity index (χ0n) is 20.6. The van der Waals surface area contributed by atoms with Gasteiger partial charge in [-0.3, -0.25) is 4.98 Å². The highest BCUT2D eigenvalue weighted by Gasteiger charge is 2.20. The summed E-state index contributed by atoms with van der Waals surface area (Å²) in [5.74, 6) is 0. The van der Waals surface area contributed by atoms with Crippen LogP contribution in [0.25, 0.3) is 66.1 Å². The third-order valence-electron chi connectivity index (χ3n) is 7.60. The number of benzene rings is 5. The molecule has 178 valence electrons. The van der Waals surface area contributed by atoms with Crippen molar-refractivity contribution in [2.75, 3.05) is 0 Å². The third-order valence-corrected chi connectivity index (χ3v) is 7.60. The van der Waals surface area contributed by atoms with E-state index in [0.717, 1.165) is 22.5 Å². The summed E-state index contributed by atoms with van der Waals surface area (Å²) >= 11 is 0. The summed E-state index contributed by atoms with van der Waals surface area (Å²) in [6.07, 6.45) is 4.03.